The number of benzene rings is 2. The summed E-state index contributed by atoms with van der Waals surface area (Å²) in [5.74, 6) is -1.84. The third-order valence-corrected chi connectivity index (χ3v) is 4.30. The predicted octanol–water partition coefficient (Wildman–Crippen LogP) is 3.87. The van der Waals surface area contributed by atoms with Gasteiger partial charge >= 0.3 is 0 Å². The number of amides is 1. The number of carbonyl (C=O) groups is 1. The van der Waals surface area contributed by atoms with Crippen LogP contribution >= 0.6 is 0 Å². The highest BCUT2D eigenvalue weighted by Crippen LogP contribution is 2.48. The van der Waals surface area contributed by atoms with Gasteiger partial charge in [0.25, 0.3) is 0 Å². The maximum absolute atomic E-state index is 13.3. The van der Waals surface area contributed by atoms with Gasteiger partial charge < -0.3 is 5.32 Å². The topological polar surface area (TPSA) is 29.1 Å². The molecule has 1 atom stereocenters. The van der Waals surface area contributed by atoms with Gasteiger partial charge in [-0.05, 0) is 43.0 Å². The molecular weight excluding hydrogens is 284 g/mol. The smallest absolute Gasteiger partial charge is 0.231 e. The first kappa shape index (κ1) is 14.7. The van der Waals surface area contributed by atoms with Crippen LogP contribution in [-0.4, -0.2) is 5.91 Å². The lowest BCUT2D eigenvalue weighted by molar-refractivity contribution is -0.124. The Labute approximate surface area is 128 Å². The number of halogens is 2. The van der Waals surface area contributed by atoms with Crippen molar-refractivity contribution in [3.63, 3.8) is 0 Å². The molecule has 0 radical (unpaired) electrons. The molecule has 1 N–H and O–H groups in total. The van der Waals surface area contributed by atoms with Gasteiger partial charge in [0.2, 0.25) is 5.91 Å². The zero-order valence-electron chi connectivity index (χ0n) is 12.3. The molecule has 1 unspecified atom stereocenters. The molecule has 4 heteroatoms. The second-order valence-corrected chi connectivity index (χ2v) is 5.82. The first-order valence-corrected chi connectivity index (χ1v) is 7.34. The minimum Gasteiger partial charge on any atom is -0.349 e. The molecule has 0 heterocycles. The average molecular weight is 301 g/mol. The fraction of sp³-hybridized carbons (Fsp3) is 0.278. The Morgan fingerprint density at radius 1 is 1.09 bits per heavy atom. The number of rotatable bonds is 4. The van der Waals surface area contributed by atoms with Gasteiger partial charge in [-0.3, -0.25) is 4.79 Å². The fourth-order valence-electron chi connectivity index (χ4n) is 2.73. The van der Waals surface area contributed by atoms with Crippen molar-refractivity contribution in [3.8, 4) is 0 Å². The van der Waals surface area contributed by atoms with E-state index in [2.05, 4.69) is 5.32 Å². The van der Waals surface area contributed by atoms with Crippen molar-refractivity contribution in [1.29, 1.82) is 0 Å². The summed E-state index contributed by atoms with van der Waals surface area (Å²) in [4.78, 5) is 12.6. The van der Waals surface area contributed by atoms with Crippen molar-refractivity contribution in [3.05, 3.63) is 71.3 Å². The van der Waals surface area contributed by atoms with Crippen molar-refractivity contribution < 1.29 is 13.6 Å². The summed E-state index contributed by atoms with van der Waals surface area (Å²) in [6.07, 6.45) is 1.63. The molecule has 2 aromatic rings. The molecule has 1 fully saturated rings. The number of carbonyl (C=O) groups excluding carboxylic acids is 1. The van der Waals surface area contributed by atoms with E-state index in [0.717, 1.165) is 30.5 Å². The normalized spacial score (nSPS) is 16.9. The van der Waals surface area contributed by atoms with Crippen LogP contribution in [0.1, 0.15) is 36.9 Å². The zero-order valence-corrected chi connectivity index (χ0v) is 12.3. The summed E-state index contributed by atoms with van der Waals surface area (Å²) in [6, 6.07) is 13.0. The van der Waals surface area contributed by atoms with Crippen LogP contribution in [0.2, 0.25) is 0 Å². The lowest BCUT2D eigenvalue weighted by atomic mass is 9.94. The van der Waals surface area contributed by atoms with E-state index in [9.17, 15) is 13.6 Å². The molecule has 0 saturated heterocycles. The number of nitrogens with one attached hydrogen (secondary N) is 1. The molecule has 114 valence electrons. The Hall–Kier alpha value is -2.23. The molecule has 0 aromatic heterocycles. The van der Waals surface area contributed by atoms with Crippen LogP contribution in [0.15, 0.2) is 48.5 Å². The van der Waals surface area contributed by atoms with E-state index in [0.29, 0.717) is 5.56 Å². The van der Waals surface area contributed by atoms with Gasteiger partial charge in [-0.1, -0.05) is 36.4 Å². The summed E-state index contributed by atoms with van der Waals surface area (Å²) < 4.78 is 26.3. The van der Waals surface area contributed by atoms with Gasteiger partial charge in [0, 0.05) is 0 Å². The van der Waals surface area contributed by atoms with E-state index in [1.54, 1.807) is 6.92 Å². The van der Waals surface area contributed by atoms with E-state index in [-0.39, 0.29) is 11.9 Å². The predicted molar refractivity (Wildman–Crippen MR) is 80.3 cm³/mol. The number of hydrogen-bond donors (Lipinski definition) is 1. The monoisotopic (exact) mass is 301 g/mol. The van der Waals surface area contributed by atoms with Gasteiger partial charge in [0.1, 0.15) is 0 Å². The maximum Gasteiger partial charge on any atom is 0.231 e. The fourth-order valence-corrected chi connectivity index (χ4v) is 2.73. The SMILES string of the molecule is CC(NC(=O)C1(c2ccccc2)CC1)c1ccc(F)c(F)c1. The summed E-state index contributed by atoms with van der Waals surface area (Å²) in [7, 11) is 0. The van der Waals surface area contributed by atoms with Crippen LogP contribution in [-0.2, 0) is 10.2 Å². The van der Waals surface area contributed by atoms with Crippen LogP contribution < -0.4 is 5.32 Å². The van der Waals surface area contributed by atoms with E-state index in [4.69, 9.17) is 0 Å². The second kappa shape index (κ2) is 5.52. The molecule has 3 rings (SSSR count). The Balaban J connectivity index is 1.75. The Morgan fingerprint density at radius 2 is 1.77 bits per heavy atom. The van der Waals surface area contributed by atoms with E-state index in [1.807, 2.05) is 30.3 Å². The van der Waals surface area contributed by atoms with E-state index < -0.39 is 17.0 Å². The Kier molecular flexibility index (Phi) is 3.69. The third kappa shape index (κ3) is 2.61. The van der Waals surface area contributed by atoms with Crippen LogP contribution in [0.25, 0.3) is 0 Å². The highest BCUT2D eigenvalue weighted by atomic mass is 19.2. The van der Waals surface area contributed by atoms with Gasteiger partial charge in [0.15, 0.2) is 11.6 Å². The quantitative estimate of drug-likeness (QED) is 0.912. The Bertz CT molecular complexity index is 695. The molecule has 1 aliphatic rings. The van der Waals surface area contributed by atoms with Crippen LogP contribution in [0, 0.1) is 11.6 Å². The lowest BCUT2D eigenvalue weighted by Gasteiger charge is -2.20. The third-order valence-electron chi connectivity index (χ3n) is 4.30. The lowest BCUT2D eigenvalue weighted by Crippen LogP contribution is -2.36. The highest BCUT2D eigenvalue weighted by molar-refractivity contribution is 5.91. The summed E-state index contributed by atoms with van der Waals surface area (Å²) >= 11 is 0. The summed E-state index contributed by atoms with van der Waals surface area (Å²) in [5.41, 5.74) is 1.09. The minimum absolute atomic E-state index is 0.0593. The van der Waals surface area contributed by atoms with Gasteiger partial charge in [-0.15, -0.1) is 0 Å². The molecule has 1 aliphatic carbocycles. The van der Waals surface area contributed by atoms with Crippen LogP contribution in [0.3, 0.4) is 0 Å². The Morgan fingerprint density at radius 3 is 2.36 bits per heavy atom. The molecule has 2 aromatic carbocycles. The first-order valence-electron chi connectivity index (χ1n) is 7.34. The van der Waals surface area contributed by atoms with Crippen molar-refractivity contribution in [2.75, 3.05) is 0 Å². The van der Waals surface area contributed by atoms with E-state index in [1.165, 1.54) is 6.07 Å². The second-order valence-electron chi connectivity index (χ2n) is 5.82. The standard InChI is InChI=1S/C18H17F2NO/c1-12(13-7-8-15(19)16(20)11-13)21-17(22)18(9-10-18)14-5-3-2-4-6-14/h2-8,11-12H,9-10H2,1H3,(H,21,22). The molecule has 1 amide bonds. The summed E-state index contributed by atoms with van der Waals surface area (Å²) in [6.45, 7) is 1.77. The molecule has 0 spiro atoms. The largest absolute Gasteiger partial charge is 0.349 e. The molecule has 0 bridgehead atoms. The van der Waals surface area contributed by atoms with Crippen molar-refractivity contribution in [2.24, 2.45) is 0 Å². The van der Waals surface area contributed by atoms with Gasteiger partial charge in [-0.25, -0.2) is 8.78 Å². The first-order chi connectivity index (χ1) is 10.5. The van der Waals surface area contributed by atoms with Gasteiger partial charge in [0.05, 0.1) is 11.5 Å². The molecule has 22 heavy (non-hydrogen) atoms. The molecule has 1 saturated carbocycles. The molecule has 2 nitrogen and oxygen atoms in total. The number of hydrogen-bond acceptors (Lipinski definition) is 1. The van der Waals surface area contributed by atoms with Crippen LogP contribution in [0.4, 0.5) is 8.78 Å². The average Bonchev–Trinajstić information content (AvgIpc) is 3.32. The maximum atomic E-state index is 13.3. The van der Waals surface area contributed by atoms with Gasteiger partial charge in [-0.2, -0.15) is 0 Å². The van der Waals surface area contributed by atoms with Crippen molar-refractivity contribution in [1.82, 2.24) is 5.32 Å². The summed E-state index contributed by atoms with van der Waals surface area (Å²) in [5, 5.41) is 2.92. The molecule has 0 aliphatic heterocycles. The van der Waals surface area contributed by atoms with Crippen molar-refractivity contribution >= 4 is 5.91 Å². The molecular formula is C18H17F2NO. The van der Waals surface area contributed by atoms with Crippen molar-refractivity contribution in [2.45, 2.75) is 31.2 Å². The minimum atomic E-state index is -0.900. The van der Waals surface area contributed by atoms with Crippen LogP contribution in [0.5, 0.6) is 0 Å². The zero-order chi connectivity index (χ0) is 15.7. The highest BCUT2D eigenvalue weighted by Gasteiger charge is 2.51. The van der Waals surface area contributed by atoms with E-state index >= 15 is 0 Å².